The highest BCUT2D eigenvalue weighted by Gasteiger charge is 2.40. The average molecular weight is 361 g/mol. The van der Waals surface area contributed by atoms with Crippen molar-refractivity contribution in [2.45, 2.75) is 5.92 Å². The number of nitrogens with zero attached hydrogens (tertiary/aromatic N) is 2. The van der Waals surface area contributed by atoms with Crippen molar-refractivity contribution in [1.82, 2.24) is 0 Å². The number of hydrogen-bond donors (Lipinski definition) is 1. The smallest absolute Gasteiger partial charge is 0.343 e. The van der Waals surface area contributed by atoms with Gasteiger partial charge in [0.1, 0.15) is 11.5 Å². The molecule has 27 heavy (non-hydrogen) atoms. The maximum Gasteiger partial charge on any atom is 0.343 e. The second kappa shape index (κ2) is 6.07. The summed E-state index contributed by atoms with van der Waals surface area (Å²) in [6.45, 7) is 0. The Hall–Kier alpha value is -3.99. The van der Waals surface area contributed by atoms with E-state index in [2.05, 4.69) is 0 Å². The van der Waals surface area contributed by atoms with E-state index in [1.54, 1.807) is 24.3 Å². The van der Waals surface area contributed by atoms with Crippen molar-refractivity contribution in [3.8, 4) is 11.8 Å². The number of nitrogens with one attached hydrogen (secondary N) is 1. The summed E-state index contributed by atoms with van der Waals surface area (Å²) in [5.74, 6) is -1.98. The number of hydrogen-bond acceptors (Lipinski definition) is 7. The first-order valence-electron chi connectivity index (χ1n) is 7.97. The van der Waals surface area contributed by atoms with Crippen LogP contribution in [-0.4, -0.2) is 10.8 Å². The number of benzene rings is 2. The molecule has 1 aliphatic heterocycles. The van der Waals surface area contributed by atoms with E-state index >= 15 is 0 Å². The third kappa shape index (κ3) is 2.53. The van der Waals surface area contributed by atoms with Gasteiger partial charge in [-0.2, -0.15) is 5.26 Å². The molecule has 1 aliphatic rings. The summed E-state index contributed by atoms with van der Waals surface area (Å²) in [4.78, 5) is 23.0. The van der Waals surface area contributed by atoms with Gasteiger partial charge in [-0.1, -0.05) is 24.3 Å². The summed E-state index contributed by atoms with van der Waals surface area (Å²) >= 11 is 0. The first-order valence-corrected chi connectivity index (χ1v) is 7.97. The van der Waals surface area contributed by atoms with E-state index in [4.69, 9.17) is 14.6 Å². The third-order valence-electron chi connectivity index (χ3n) is 4.54. The number of nitro groups is 1. The van der Waals surface area contributed by atoms with E-state index in [1.165, 1.54) is 24.3 Å². The Kier molecular flexibility index (Phi) is 3.70. The Morgan fingerprint density at radius 3 is 2.52 bits per heavy atom. The highest BCUT2D eigenvalue weighted by Crippen LogP contribution is 2.43. The maximum absolute atomic E-state index is 12.7. The molecule has 0 saturated carbocycles. The molecular formula is C19H11N3O5. The third-order valence-corrected chi connectivity index (χ3v) is 4.54. The van der Waals surface area contributed by atoms with E-state index in [0.29, 0.717) is 16.5 Å². The van der Waals surface area contributed by atoms with Crippen molar-refractivity contribution in [3.63, 3.8) is 0 Å². The van der Waals surface area contributed by atoms with Crippen molar-refractivity contribution in [3.05, 3.63) is 80.2 Å². The van der Waals surface area contributed by atoms with E-state index in [9.17, 15) is 20.2 Å². The van der Waals surface area contributed by atoms with Crippen LogP contribution >= 0.6 is 0 Å². The lowest BCUT2D eigenvalue weighted by molar-refractivity contribution is -0.384. The number of non-ortho nitro benzene ring substituents is 1. The first-order chi connectivity index (χ1) is 13.0. The molecule has 8 heteroatoms. The van der Waals surface area contributed by atoms with E-state index in [0.717, 1.165) is 0 Å². The second-order valence-electron chi connectivity index (χ2n) is 6.03. The van der Waals surface area contributed by atoms with Crippen LogP contribution in [0.15, 0.2) is 57.7 Å². The van der Waals surface area contributed by atoms with Gasteiger partial charge < -0.3 is 9.15 Å². The molecule has 0 fully saturated rings. The van der Waals surface area contributed by atoms with Crippen LogP contribution < -0.4 is 10.4 Å². The number of nitro benzene ring substituents is 1. The quantitative estimate of drug-likeness (QED) is 0.423. The molecule has 2 atom stereocenters. The van der Waals surface area contributed by atoms with Gasteiger partial charge in [-0.15, -0.1) is 0 Å². The van der Waals surface area contributed by atoms with Crippen LogP contribution in [0.4, 0.5) is 5.69 Å². The SMILES string of the molecule is N#CC1C(=N)Oc2c(c(=O)oc3ccccc23)C1c1ccc([N+](=O)[O-])cc1. The van der Waals surface area contributed by atoms with Crippen molar-refractivity contribution < 1.29 is 14.1 Å². The predicted molar refractivity (Wildman–Crippen MR) is 94.9 cm³/mol. The number of fused-ring (bicyclic) bond motifs is 3. The van der Waals surface area contributed by atoms with Crippen molar-refractivity contribution in [2.75, 3.05) is 0 Å². The number of nitriles is 1. The molecule has 0 spiro atoms. The van der Waals surface area contributed by atoms with E-state index in [1.807, 2.05) is 6.07 Å². The second-order valence-corrected chi connectivity index (χ2v) is 6.03. The summed E-state index contributed by atoms with van der Waals surface area (Å²) in [7, 11) is 0. The summed E-state index contributed by atoms with van der Waals surface area (Å²) in [6.07, 6.45) is 0. The fourth-order valence-corrected chi connectivity index (χ4v) is 3.30. The Bertz CT molecular complexity index is 1190. The normalized spacial score (nSPS) is 18.4. The maximum atomic E-state index is 12.7. The van der Waals surface area contributed by atoms with Gasteiger partial charge in [0.15, 0.2) is 5.75 Å². The first kappa shape index (κ1) is 16.5. The Morgan fingerprint density at radius 2 is 1.85 bits per heavy atom. The summed E-state index contributed by atoms with van der Waals surface area (Å²) in [6, 6.07) is 14.3. The zero-order valence-corrected chi connectivity index (χ0v) is 13.7. The molecule has 0 amide bonds. The van der Waals surface area contributed by atoms with Crippen LogP contribution in [0.3, 0.4) is 0 Å². The summed E-state index contributed by atoms with van der Waals surface area (Å²) in [5.41, 5.74) is 0.154. The highest BCUT2D eigenvalue weighted by molar-refractivity contribution is 5.93. The molecule has 2 unspecified atom stereocenters. The van der Waals surface area contributed by atoms with Crippen LogP contribution in [0.2, 0.25) is 0 Å². The molecule has 2 heterocycles. The predicted octanol–water partition coefficient (Wildman–Crippen LogP) is 3.34. The lowest BCUT2D eigenvalue weighted by Crippen LogP contribution is -2.34. The summed E-state index contributed by atoms with van der Waals surface area (Å²) in [5, 5.41) is 29.1. The lowest BCUT2D eigenvalue weighted by Gasteiger charge is -2.29. The number of ether oxygens (including phenoxy) is 1. The van der Waals surface area contributed by atoms with Crippen LogP contribution in [-0.2, 0) is 0 Å². The largest absolute Gasteiger partial charge is 0.441 e. The highest BCUT2D eigenvalue weighted by atomic mass is 16.6. The van der Waals surface area contributed by atoms with Gasteiger partial charge in [0.2, 0.25) is 5.90 Å². The fraction of sp³-hybridized carbons (Fsp3) is 0.105. The minimum Gasteiger partial charge on any atom is -0.441 e. The van der Waals surface area contributed by atoms with Crippen LogP contribution in [0.25, 0.3) is 11.0 Å². The average Bonchev–Trinajstić information content (AvgIpc) is 2.67. The Balaban J connectivity index is 2.00. The van der Waals surface area contributed by atoms with Gasteiger partial charge in [0.05, 0.1) is 21.9 Å². The molecule has 0 saturated heterocycles. The van der Waals surface area contributed by atoms with Crippen molar-refractivity contribution in [2.24, 2.45) is 5.92 Å². The summed E-state index contributed by atoms with van der Waals surface area (Å²) < 4.78 is 10.9. The topological polar surface area (TPSA) is 130 Å². The minimum atomic E-state index is -1.05. The number of rotatable bonds is 2. The van der Waals surface area contributed by atoms with E-state index < -0.39 is 22.4 Å². The Labute approximate surface area is 151 Å². The number of para-hydroxylation sites is 1. The molecule has 1 N–H and O–H groups in total. The fourth-order valence-electron chi connectivity index (χ4n) is 3.30. The monoisotopic (exact) mass is 361 g/mol. The van der Waals surface area contributed by atoms with Gasteiger partial charge >= 0.3 is 5.63 Å². The molecule has 0 radical (unpaired) electrons. The molecule has 132 valence electrons. The zero-order valence-electron chi connectivity index (χ0n) is 13.7. The molecule has 3 aromatic rings. The van der Waals surface area contributed by atoms with E-state index in [-0.39, 0.29) is 22.9 Å². The Morgan fingerprint density at radius 1 is 1.15 bits per heavy atom. The van der Waals surface area contributed by atoms with Gasteiger partial charge in [0, 0.05) is 18.1 Å². The molecule has 1 aromatic heterocycles. The molecule has 0 bridgehead atoms. The zero-order chi connectivity index (χ0) is 19.1. The van der Waals surface area contributed by atoms with Crippen LogP contribution in [0.5, 0.6) is 5.75 Å². The molecular weight excluding hydrogens is 350 g/mol. The van der Waals surface area contributed by atoms with Crippen LogP contribution in [0.1, 0.15) is 17.0 Å². The molecule has 2 aromatic carbocycles. The van der Waals surface area contributed by atoms with Crippen molar-refractivity contribution in [1.29, 1.82) is 10.7 Å². The lowest BCUT2D eigenvalue weighted by atomic mass is 9.79. The van der Waals surface area contributed by atoms with Crippen LogP contribution in [0, 0.1) is 32.8 Å². The van der Waals surface area contributed by atoms with Gasteiger partial charge in [-0.25, -0.2) is 4.79 Å². The van der Waals surface area contributed by atoms with Gasteiger partial charge in [-0.05, 0) is 17.7 Å². The van der Waals surface area contributed by atoms with Crippen molar-refractivity contribution >= 4 is 22.6 Å². The molecule has 4 rings (SSSR count). The minimum absolute atomic E-state index is 0.111. The molecule has 8 nitrogen and oxygen atoms in total. The molecule has 0 aliphatic carbocycles. The van der Waals surface area contributed by atoms with Gasteiger partial charge in [0.25, 0.3) is 5.69 Å². The van der Waals surface area contributed by atoms with Gasteiger partial charge in [-0.3, -0.25) is 15.5 Å². The standard InChI is InChI=1S/C19H11N3O5/c20-9-13-15(10-5-7-11(8-6-10)22(24)25)16-17(27-18(13)21)12-3-1-2-4-14(12)26-19(16)23/h1-8,13,15,21H.